The number of rotatable bonds is 6. The highest BCUT2D eigenvalue weighted by molar-refractivity contribution is 6.09. The molecule has 3 heterocycles. The van der Waals surface area contributed by atoms with Crippen LogP contribution in [0.3, 0.4) is 0 Å². The highest BCUT2D eigenvalue weighted by Gasteiger charge is 2.22. The quantitative estimate of drug-likeness (QED) is 0.194. The van der Waals surface area contributed by atoms with Crippen molar-refractivity contribution in [2.45, 2.75) is 26.2 Å². The molecule has 0 radical (unpaired) electrons. The maximum Gasteiger partial charge on any atom is 0.213 e. The molecule has 0 atom stereocenters. The first kappa shape index (κ1) is 29.8. The van der Waals surface area contributed by atoms with Gasteiger partial charge in [-0.25, -0.2) is 4.98 Å². The van der Waals surface area contributed by atoms with Gasteiger partial charge in [0.15, 0.2) is 0 Å². The fraction of sp³-hybridized carbons (Fsp3) is 0.114. The number of nitrogens with one attached hydrogen (secondary N) is 1. The minimum Gasteiger partial charge on any atom is -0.457 e. The monoisotopic (exact) mass is 651 g/mol. The van der Waals surface area contributed by atoms with Gasteiger partial charge in [0.25, 0.3) is 0 Å². The van der Waals surface area contributed by atoms with E-state index in [0.29, 0.717) is 6.67 Å². The minimum atomic E-state index is 0.0594. The van der Waals surface area contributed by atoms with Gasteiger partial charge in [0.2, 0.25) is 5.95 Å². The standard InChI is InChI=1S/C44H37N5O/c1-44(2,3)31-20-23-40(37(26-31)30-12-5-4-6-13-30)48-25-24-47(29-48)32-14-11-15-33(27-32)50-34-21-22-36-35-16-7-10-19-41(35)49(42(36)28-34)43-45-38-17-8-9-18-39(38)46-43/h4-28H,29H2,1-3H3,(H,45,46). The maximum atomic E-state index is 6.56. The molecular formula is C44H37N5O. The average Bonchev–Trinajstić information content (AvgIpc) is 3.87. The second-order valence-corrected chi connectivity index (χ2v) is 13.9. The van der Waals surface area contributed by atoms with E-state index in [-0.39, 0.29) is 5.41 Å². The summed E-state index contributed by atoms with van der Waals surface area (Å²) >= 11 is 0. The number of fused-ring (bicyclic) bond motifs is 4. The van der Waals surface area contributed by atoms with E-state index in [1.54, 1.807) is 0 Å². The molecule has 0 unspecified atom stereocenters. The van der Waals surface area contributed by atoms with Gasteiger partial charge in [-0.05, 0) is 71.1 Å². The van der Waals surface area contributed by atoms with Crippen LogP contribution in [0, 0.1) is 0 Å². The first-order valence-electron chi connectivity index (χ1n) is 17.1. The lowest BCUT2D eigenvalue weighted by Crippen LogP contribution is -2.25. The predicted octanol–water partition coefficient (Wildman–Crippen LogP) is 11.2. The van der Waals surface area contributed by atoms with Crippen molar-refractivity contribution in [3.8, 4) is 28.6 Å². The second-order valence-electron chi connectivity index (χ2n) is 13.9. The fourth-order valence-electron chi connectivity index (χ4n) is 6.99. The van der Waals surface area contributed by atoms with Crippen molar-refractivity contribution in [2.75, 3.05) is 16.5 Å². The predicted molar refractivity (Wildman–Crippen MR) is 206 cm³/mol. The summed E-state index contributed by atoms with van der Waals surface area (Å²) in [5.74, 6) is 2.32. The van der Waals surface area contributed by atoms with Gasteiger partial charge in [0.1, 0.15) is 11.5 Å². The molecule has 0 saturated heterocycles. The number of anilines is 2. The summed E-state index contributed by atoms with van der Waals surface area (Å²) in [7, 11) is 0. The van der Waals surface area contributed by atoms with E-state index >= 15 is 0 Å². The molecule has 1 aliphatic heterocycles. The van der Waals surface area contributed by atoms with Gasteiger partial charge in [-0.2, -0.15) is 0 Å². The molecule has 9 rings (SSSR count). The number of imidazole rings is 1. The third-order valence-corrected chi connectivity index (χ3v) is 9.61. The number of aromatic nitrogens is 3. The number of hydrogen-bond donors (Lipinski definition) is 1. The summed E-state index contributed by atoms with van der Waals surface area (Å²) in [6, 6.07) is 48.7. The number of ether oxygens (including phenoxy) is 1. The molecular weight excluding hydrogens is 615 g/mol. The number of H-pyrrole nitrogens is 1. The van der Waals surface area contributed by atoms with Crippen LogP contribution in [-0.4, -0.2) is 21.2 Å². The highest BCUT2D eigenvalue weighted by atomic mass is 16.5. The first-order valence-corrected chi connectivity index (χ1v) is 17.1. The molecule has 50 heavy (non-hydrogen) atoms. The molecule has 6 nitrogen and oxygen atoms in total. The summed E-state index contributed by atoms with van der Waals surface area (Å²) in [5, 5.41) is 2.32. The Morgan fingerprint density at radius 3 is 2.26 bits per heavy atom. The molecule has 0 aliphatic carbocycles. The van der Waals surface area contributed by atoms with Crippen molar-refractivity contribution in [2.24, 2.45) is 0 Å². The van der Waals surface area contributed by atoms with Crippen LogP contribution in [0.4, 0.5) is 11.4 Å². The van der Waals surface area contributed by atoms with Crippen molar-refractivity contribution < 1.29 is 4.74 Å². The molecule has 1 aliphatic rings. The number of hydrogen-bond acceptors (Lipinski definition) is 4. The third-order valence-electron chi connectivity index (χ3n) is 9.61. The summed E-state index contributed by atoms with van der Waals surface area (Å²) < 4.78 is 8.75. The van der Waals surface area contributed by atoms with E-state index in [2.05, 4.69) is 162 Å². The Morgan fingerprint density at radius 1 is 0.640 bits per heavy atom. The molecule has 2 aromatic heterocycles. The van der Waals surface area contributed by atoms with E-state index in [0.717, 1.165) is 50.6 Å². The number of aromatic amines is 1. The smallest absolute Gasteiger partial charge is 0.213 e. The van der Waals surface area contributed by atoms with E-state index in [9.17, 15) is 0 Å². The second kappa shape index (κ2) is 11.7. The first-order chi connectivity index (χ1) is 24.4. The maximum absolute atomic E-state index is 6.56. The average molecular weight is 652 g/mol. The minimum absolute atomic E-state index is 0.0594. The lowest BCUT2D eigenvalue weighted by molar-refractivity contribution is 0.483. The normalized spacial score (nSPS) is 13.3. The Kier molecular flexibility index (Phi) is 6.99. The van der Waals surface area contributed by atoms with Crippen LogP contribution in [0.25, 0.3) is 49.9 Å². The van der Waals surface area contributed by atoms with Gasteiger partial charge < -0.3 is 19.5 Å². The lowest BCUT2D eigenvalue weighted by Gasteiger charge is -2.26. The molecule has 244 valence electrons. The Balaban J connectivity index is 1.01. The zero-order valence-electron chi connectivity index (χ0n) is 28.3. The number of para-hydroxylation sites is 3. The highest BCUT2D eigenvalue weighted by Crippen LogP contribution is 2.39. The summed E-state index contributed by atoms with van der Waals surface area (Å²) in [6.45, 7) is 7.49. The van der Waals surface area contributed by atoms with Crippen molar-refractivity contribution in [1.29, 1.82) is 0 Å². The van der Waals surface area contributed by atoms with Crippen molar-refractivity contribution in [3.05, 3.63) is 157 Å². The molecule has 0 bridgehead atoms. The zero-order valence-corrected chi connectivity index (χ0v) is 28.3. The Labute approximate surface area is 291 Å². The van der Waals surface area contributed by atoms with Crippen LogP contribution in [0.1, 0.15) is 26.3 Å². The van der Waals surface area contributed by atoms with E-state index in [1.165, 1.54) is 27.8 Å². The number of nitrogens with zero attached hydrogens (tertiary/aromatic N) is 4. The molecule has 0 amide bonds. The number of benzene rings is 6. The zero-order chi connectivity index (χ0) is 33.8. The fourth-order valence-corrected chi connectivity index (χ4v) is 6.99. The third kappa shape index (κ3) is 5.26. The largest absolute Gasteiger partial charge is 0.457 e. The Morgan fingerprint density at radius 2 is 1.40 bits per heavy atom. The van der Waals surface area contributed by atoms with Gasteiger partial charge in [-0.3, -0.25) is 4.57 Å². The van der Waals surface area contributed by atoms with E-state index < -0.39 is 0 Å². The van der Waals surface area contributed by atoms with Gasteiger partial charge in [-0.15, -0.1) is 0 Å². The Hall–Kier alpha value is -6.27. The van der Waals surface area contributed by atoms with E-state index in [4.69, 9.17) is 9.72 Å². The topological polar surface area (TPSA) is 49.3 Å². The van der Waals surface area contributed by atoms with E-state index in [1.807, 2.05) is 30.3 Å². The molecule has 8 aromatic rings. The molecule has 6 aromatic carbocycles. The van der Waals surface area contributed by atoms with Crippen LogP contribution in [-0.2, 0) is 5.41 Å². The van der Waals surface area contributed by atoms with Gasteiger partial charge in [-0.1, -0.05) is 93.6 Å². The molecule has 0 saturated carbocycles. The molecule has 1 N–H and O–H groups in total. The van der Waals surface area contributed by atoms with Crippen molar-refractivity contribution in [3.63, 3.8) is 0 Å². The summed E-state index contributed by atoms with van der Waals surface area (Å²) in [5.41, 5.74) is 10.1. The van der Waals surface area contributed by atoms with Crippen LogP contribution < -0.4 is 14.5 Å². The Bertz CT molecular complexity index is 2520. The molecule has 0 fully saturated rings. The lowest BCUT2D eigenvalue weighted by atomic mass is 9.85. The summed E-state index contributed by atoms with van der Waals surface area (Å²) in [4.78, 5) is 13.0. The van der Waals surface area contributed by atoms with Crippen LogP contribution in [0.5, 0.6) is 11.5 Å². The SMILES string of the molecule is CC(C)(C)c1ccc(N2C=CN(c3cccc(Oc4ccc5c6ccccc6n(-c6nc7ccccc7[nH]6)c5c4)c3)C2)c(-c2ccccc2)c1. The van der Waals surface area contributed by atoms with Crippen LogP contribution >= 0.6 is 0 Å². The molecule has 6 heteroatoms. The van der Waals surface area contributed by atoms with Crippen LogP contribution in [0.2, 0.25) is 0 Å². The van der Waals surface area contributed by atoms with Crippen molar-refractivity contribution >= 4 is 44.2 Å². The van der Waals surface area contributed by atoms with Crippen molar-refractivity contribution in [1.82, 2.24) is 14.5 Å². The van der Waals surface area contributed by atoms with Gasteiger partial charge >= 0.3 is 0 Å². The molecule has 0 spiro atoms. The van der Waals surface area contributed by atoms with Gasteiger partial charge in [0.05, 0.1) is 34.4 Å². The van der Waals surface area contributed by atoms with Crippen LogP contribution in [0.15, 0.2) is 152 Å². The summed E-state index contributed by atoms with van der Waals surface area (Å²) in [6.07, 6.45) is 4.31. The van der Waals surface area contributed by atoms with Gasteiger partial charge in [0, 0.05) is 46.6 Å².